The second kappa shape index (κ2) is 9.37. The van der Waals surface area contributed by atoms with Gasteiger partial charge in [-0.25, -0.2) is 0 Å². The minimum Gasteiger partial charge on any atom is -0.463 e. The molecule has 0 fully saturated rings. The van der Waals surface area contributed by atoms with Crippen molar-refractivity contribution in [3.05, 3.63) is 32.6 Å². The third-order valence-electron chi connectivity index (χ3n) is 5.74. The van der Waals surface area contributed by atoms with Gasteiger partial charge < -0.3 is 19.8 Å². The highest BCUT2D eigenvalue weighted by atomic mass is 32.1. The second-order valence-corrected chi connectivity index (χ2v) is 9.06. The summed E-state index contributed by atoms with van der Waals surface area (Å²) in [5, 5.41) is 22.8. The number of aromatic nitrogens is 4. The van der Waals surface area contributed by atoms with Gasteiger partial charge in [0.05, 0.1) is 24.2 Å². The molecule has 1 aliphatic heterocycles. The van der Waals surface area contributed by atoms with E-state index >= 15 is 0 Å². The first kappa shape index (κ1) is 21.8. The van der Waals surface area contributed by atoms with E-state index in [1.165, 1.54) is 9.56 Å². The molecule has 0 saturated carbocycles. The quantitative estimate of drug-likeness (QED) is 0.456. The van der Waals surface area contributed by atoms with Gasteiger partial charge in [-0.1, -0.05) is 6.92 Å². The first-order valence-electron chi connectivity index (χ1n) is 10.7. The first-order valence-corrected chi connectivity index (χ1v) is 11.5. The molecule has 9 nitrogen and oxygen atoms in total. The molecule has 1 unspecified atom stereocenters. The normalized spacial score (nSPS) is 14.8. The maximum absolute atomic E-state index is 12.3. The lowest BCUT2D eigenvalue weighted by Gasteiger charge is -2.28. The van der Waals surface area contributed by atoms with Gasteiger partial charge in [-0.15, -0.1) is 11.3 Å². The number of hydrogen-bond acceptors (Lipinski definition) is 8. The van der Waals surface area contributed by atoms with Crippen molar-refractivity contribution in [3.63, 3.8) is 0 Å². The summed E-state index contributed by atoms with van der Waals surface area (Å²) in [5.41, 5.74) is 1.80. The highest BCUT2D eigenvalue weighted by Crippen LogP contribution is 2.34. The Balaban J connectivity index is 1.63. The van der Waals surface area contributed by atoms with Gasteiger partial charge in [0.15, 0.2) is 0 Å². The topological polar surface area (TPSA) is 117 Å². The van der Waals surface area contributed by atoms with Crippen LogP contribution in [0, 0.1) is 5.92 Å². The van der Waals surface area contributed by atoms with E-state index in [0.29, 0.717) is 45.0 Å². The van der Waals surface area contributed by atoms with E-state index in [-0.39, 0.29) is 24.7 Å². The first-order chi connectivity index (χ1) is 15.0. The molecule has 4 heterocycles. The van der Waals surface area contributed by atoms with Crippen LogP contribution in [0.3, 0.4) is 0 Å². The highest BCUT2D eigenvalue weighted by molar-refractivity contribution is 7.18. The molecule has 31 heavy (non-hydrogen) atoms. The van der Waals surface area contributed by atoms with Crippen molar-refractivity contribution in [1.29, 1.82) is 0 Å². The number of fused-ring (bicyclic) bond motifs is 2. The smallest absolute Gasteiger partial charge is 0.319 e. The van der Waals surface area contributed by atoms with Gasteiger partial charge >= 0.3 is 6.01 Å². The fourth-order valence-corrected chi connectivity index (χ4v) is 4.91. The molecule has 0 saturated heterocycles. The summed E-state index contributed by atoms with van der Waals surface area (Å²) < 4.78 is 7.41. The molecule has 168 valence electrons. The van der Waals surface area contributed by atoms with E-state index in [2.05, 4.69) is 28.0 Å². The van der Waals surface area contributed by atoms with Crippen LogP contribution in [0.2, 0.25) is 0 Å². The lowest BCUT2D eigenvalue weighted by molar-refractivity contribution is 0.141. The Bertz CT molecular complexity index is 1110. The van der Waals surface area contributed by atoms with E-state index < -0.39 is 0 Å². The van der Waals surface area contributed by atoms with Crippen molar-refractivity contribution in [1.82, 2.24) is 19.7 Å². The molecule has 3 N–H and O–H groups in total. The zero-order valence-electron chi connectivity index (χ0n) is 17.9. The molecule has 3 aromatic rings. The summed E-state index contributed by atoms with van der Waals surface area (Å²) in [6.07, 6.45) is 2.87. The van der Waals surface area contributed by atoms with Crippen molar-refractivity contribution >= 4 is 27.4 Å². The Hall–Kier alpha value is -2.43. The van der Waals surface area contributed by atoms with Crippen molar-refractivity contribution in [2.75, 3.05) is 31.3 Å². The number of nitrogens with one attached hydrogen (secondary N) is 1. The molecule has 0 bridgehead atoms. The fourth-order valence-electron chi connectivity index (χ4n) is 3.96. The van der Waals surface area contributed by atoms with Crippen molar-refractivity contribution < 1.29 is 14.9 Å². The Kier molecular flexibility index (Phi) is 6.59. The standard InChI is InChI=1S/C21H29N5O4S/c1-3-14-9-16-18(26-7-6-15-17(10-26)24-25(2)20(15)29)22-21(23-19(16)31-14)30-12-13(11-28)5-4-8-27/h9,13,24,27-28H,3-8,10-12H2,1-2H3. The number of anilines is 1. The molecule has 0 aliphatic carbocycles. The van der Waals surface area contributed by atoms with E-state index in [0.717, 1.165) is 33.7 Å². The van der Waals surface area contributed by atoms with Crippen molar-refractivity contribution in [2.24, 2.45) is 13.0 Å². The van der Waals surface area contributed by atoms with Crippen LogP contribution in [-0.2, 0) is 26.4 Å². The van der Waals surface area contributed by atoms with Crippen LogP contribution in [0.4, 0.5) is 5.82 Å². The van der Waals surface area contributed by atoms with Crippen molar-refractivity contribution in [2.45, 2.75) is 39.2 Å². The number of thiophene rings is 1. The summed E-state index contributed by atoms with van der Waals surface area (Å²) in [4.78, 5) is 25.9. The lowest BCUT2D eigenvalue weighted by Crippen LogP contribution is -2.33. The van der Waals surface area contributed by atoms with Gasteiger partial charge in [0.1, 0.15) is 10.6 Å². The third kappa shape index (κ3) is 4.46. The predicted molar refractivity (Wildman–Crippen MR) is 120 cm³/mol. The zero-order valence-corrected chi connectivity index (χ0v) is 18.7. The molecule has 0 radical (unpaired) electrons. The summed E-state index contributed by atoms with van der Waals surface area (Å²) in [6, 6.07) is 2.43. The minimum atomic E-state index is -0.0728. The number of aryl methyl sites for hydroxylation is 2. The number of rotatable bonds is 9. The van der Waals surface area contributed by atoms with Gasteiger partial charge in [0, 0.05) is 43.2 Å². The minimum absolute atomic E-state index is 0.00956. The molecule has 3 aromatic heterocycles. The van der Waals surface area contributed by atoms with Gasteiger partial charge in [-0.05, 0) is 31.7 Å². The van der Waals surface area contributed by atoms with Crippen LogP contribution in [0.5, 0.6) is 6.01 Å². The largest absolute Gasteiger partial charge is 0.463 e. The van der Waals surface area contributed by atoms with E-state index in [1.807, 2.05) is 0 Å². The molecular weight excluding hydrogens is 418 g/mol. The SMILES string of the molecule is CCc1cc2c(N3CCc4c([nH]n(C)c4=O)C3)nc(OCC(CO)CCCO)nc2s1. The summed E-state index contributed by atoms with van der Waals surface area (Å²) in [5.74, 6) is 0.735. The number of aliphatic hydroxyl groups excluding tert-OH is 2. The highest BCUT2D eigenvalue weighted by Gasteiger charge is 2.25. The van der Waals surface area contributed by atoms with Crippen LogP contribution in [0.1, 0.15) is 35.9 Å². The van der Waals surface area contributed by atoms with Crippen LogP contribution in [-0.4, -0.2) is 56.3 Å². The molecule has 0 amide bonds. The molecule has 1 atom stereocenters. The Morgan fingerprint density at radius 2 is 2.19 bits per heavy atom. The van der Waals surface area contributed by atoms with Crippen LogP contribution in [0.15, 0.2) is 10.9 Å². The van der Waals surface area contributed by atoms with Crippen LogP contribution >= 0.6 is 11.3 Å². The van der Waals surface area contributed by atoms with Gasteiger partial charge in [-0.3, -0.25) is 14.6 Å². The summed E-state index contributed by atoms with van der Waals surface area (Å²) in [6.45, 7) is 3.76. The summed E-state index contributed by atoms with van der Waals surface area (Å²) in [7, 11) is 1.74. The number of hydrogen-bond donors (Lipinski definition) is 3. The molecule has 0 spiro atoms. The third-order valence-corrected chi connectivity index (χ3v) is 6.91. The fraction of sp³-hybridized carbons (Fsp3) is 0.571. The molecule has 10 heteroatoms. The predicted octanol–water partition coefficient (Wildman–Crippen LogP) is 1.60. The van der Waals surface area contributed by atoms with Gasteiger partial charge in [0.25, 0.3) is 5.56 Å². The number of aliphatic hydroxyl groups is 2. The lowest BCUT2D eigenvalue weighted by atomic mass is 10.1. The molecule has 1 aliphatic rings. The average molecular weight is 448 g/mol. The number of H-pyrrole nitrogens is 1. The number of nitrogens with zero attached hydrogens (tertiary/aromatic N) is 4. The van der Waals surface area contributed by atoms with Crippen LogP contribution < -0.4 is 15.2 Å². The summed E-state index contributed by atoms with van der Waals surface area (Å²) >= 11 is 1.63. The Morgan fingerprint density at radius 3 is 2.94 bits per heavy atom. The zero-order chi connectivity index (χ0) is 22.0. The molecule has 0 aromatic carbocycles. The van der Waals surface area contributed by atoms with Crippen molar-refractivity contribution in [3.8, 4) is 6.01 Å². The van der Waals surface area contributed by atoms with E-state index in [9.17, 15) is 9.90 Å². The van der Waals surface area contributed by atoms with E-state index in [4.69, 9.17) is 14.8 Å². The Labute approximate surface area is 184 Å². The number of ether oxygens (including phenoxy) is 1. The van der Waals surface area contributed by atoms with Crippen LogP contribution in [0.25, 0.3) is 10.2 Å². The average Bonchev–Trinajstić information content (AvgIpc) is 3.33. The molecule has 4 rings (SSSR count). The van der Waals surface area contributed by atoms with Gasteiger partial charge in [0.2, 0.25) is 0 Å². The molecular formula is C21H29N5O4S. The number of aromatic amines is 1. The van der Waals surface area contributed by atoms with Gasteiger partial charge in [-0.2, -0.15) is 9.97 Å². The maximum atomic E-state index is 12.3. The monoisotopic (exact) mass is 447 g/mol. The maximum Gasteiger partial charge on any atom is 0.319 e. The second-order valence-electron chi connectivity index (χ2n) is 7.94. The Morgan fingerprint density at radius 1 is 1.35 bits per heavy atom. The van der Waals surface area contributed by atoms with E-state index in [1.54, 1.807) is 18.4 Å².